The van der Waals surface area contributed by atoms with Gasteiger partial charge >= 0.3 is 5.97 Å². The number of hydrogen-bond donors (Lipinski definition) is 4. The number of carbonyl (C=O) groups is 3. The summed E-state index contributed by atoms with van der Waals surface area (Å²) in [5, 5.41) is 24.4. The number of aliphatic hydroxyl groups is 1. The SMILES string of the molecule is O=C(O)CCCCCC(=O)Nc1cccc([C@H]2O[C@@H](CN3CCC4(CC3)C(=O)NCN4c3ccccc3)C[C@@H](c3ccc(CO)cc3)O2)c1. The van der Waals surface area contributed by atoms with Gasteiger partial charge in [0.25, 0.3) is 0 Å². The summed E-state index contributed by atoms with van der Waals surface area (Å²) in [4.78, 5) is 41.2. The lowest BCUT2D eigenvalue weighted by atomic mass is 9.85. The van der Waals surface area contributed by atoms with E-state index >= 15 is 0 Å². The van der Waals surface area contributed by atoms with Crippen molar-refractivity contribution in [3.8, 4) is 0 Å². The fourth-order valence-electron chi connectivity index (χ4n) is 7.18. The monoisotopic (exact) mass is 670 g/mol. The molecule has 0 bridgehead atoms. The molecule has 0 unspecified atom stereocenters. The minimum atomic E-state index is -0.822. The first-order valence-corrected chi connectivity index (χ1v) is 17.3. The largest absolute Gasteiger partial charge is 0.481 e. The Kier molecular flexibility index (Phi) is 11.3. The molecule has 6 rings (SSSR count). The Morgan fingerprint density at radius 3 is 2.39 bits per heavy atom. The zero-order chi connectivity index (χ0) is 34.2. The highest BCUT2D eigenvalue weighted by molar-refractivity contribution is 5.93. The number of rotatable bonds is 13. The summed E-state index contributed by atoms with van der Waals surface area (Å²) in [5.41, 5.74) is 3.76. The van der Waals surface area contributed by atoms with E-state index < -0.39 is 17.8 Å². The van der Waals surface area contributed by atoms with E-state index in [-0.39, 0.29) is 37.0 Å². The summed E-state index contributed by atoms with van der Waals surface area (Å²) < 4.78 is 13.2. The van der Waals surface area contributed by atoms with Crippen LogP contribution in [-0.2, 0) is 30.5 Å². The van der Waals surface area contributed by atoms with Crippen LogP contribution in [0.15, 0.2) is 78.9 Å². The van der Waals surface area contributed by atoms with Gasteiger partial charge in [-0.1, -0.05) is 61.0 Å². The lowest BCUT2D eigenvalue weighted by Crippen LogP contribution is -2.57. The van der Waals surface area contributed by atoms with E-state index in [9.17, 15) is 19.5 Å². The van der Waals surface area contributed by atoms with Gasteiger partial charge in [-0.3, -0.25) is 14.4 Å². The van der Waals surface area contributed by atoms with Crippen molar-refractivity contribution < 1.29 is 34.1 Å². The van der Waals surface area contributed by atoms with E-state index in [4.69, 9.17) is 14.6 Å². The van der Waals surface area contributed by atoms with Gasteiger partial charge in [0, 0.05) is 55.8 Å². The number of nitrogens with one attached hydrogen (secondary N) is 2. The third kappa shape index (κ3) is 8.48. The molecule has 11 heteroatoms. The summed E-state index contributed by atoms with van der Waals surface area (Å²) in [5.74, 6) is -0.852. The van der Waals surface area contributed by atoms with Crippen LogP contribution in [0.1, 0.15) is 80.5 Å². The molecule has 2 amide bonds. The number of unbranched alkanes of at least 4 members (excludes halogenated alkanes) is 2. The van der Waals surface area contributed by atoms with Crippen LogP contribution < -0.4 is 15.5 Å². The van der Waals surface area contributed by atoms with E-state index in [1.165, 1.54) is 0 Å². The zero-order valence-corrected chi connectivity index (χ0v) is 27.8. The summed E-state index contributed by atoms with van der Waals surface area (Å²) in [7, 11) is 0. The van der Waals surface area contributed by atoms with E-state index in [0.717, 1.165) is 35.5 Å². The highest BCUT2D eigenvalue weighted by Crippen LogP contribution is 2.40. The van der Waals surface area contributed by atoms with Crippen molar-refractivity contribution in [3.63, 3.8) is 0 Å². The summed E-state index contributed by atoms with van der Waals surface area (Å²) in [6, 6.07) is 25.4. The molecule has 0 saturated carbocycles. The van der Waals surface area contributed by atoms with Gasteiger partial charge in [-0.25, -0.2) is 0 Å². The number of aliphatic hydroxyl groups excluding tert-OH is 1. The minimum Gasteiger partial charge on any atom is -0.481 e. The van der Waals surface area contributed by atoms with Crippen molar-refractivity contribution >= 4 is 29.2 Å². The van der Waals surface area contributed by atoms with Crippen molar-refractivity contribution in [3.05, 3.63) is 95.6 Å². The second-order valence-electron chi connectivity index (χ2n) is 13.2. The second kappa shape index (κ2) is 15.9. The zero-order valence-electron chi connectivity index (χ0n) is 27.8. The summed E-state index contributed by atoms with van der Waals surface area (Å²) in [6.07, 6.45) is 3.30. The molecule has 3 aliphatic heterocycles. The number of likely N-dealkylation sites (tertiary alicyclic amines) is 1. The second-order valence-corrected chi connectivity index (χ2v) is 13.2. The Hall–Kier alpha value is -4.29. The molecule has 3 atom stereocenters. The first kappa shape index (κ1) is 34.6. The summed E-state index contributed by atoms with van der Waals surface area (Å²) in [6.45, 7) is 2.69. The summed E-state index contributed by atoms with van der Waals surface area (Å²) >= 11 is 0. The van der Waals surface area contributed by atoms with Gasteiger partial charge in [0.05, 0.1) is 25.5 Å². The van der Waals surface area contributed by atoms with Crippen molar-refractivity contribution in [2.75, 3.05) is 36.5 Å². The van der Waals surface area contributed by atoms with Crippen molar-refractivity contribution in [2.45, 2.75) is 82.0 Å². The number of carboxylic acid groups (broad SMARTS) is 1. The van der Waals surface area contributed by atoms with Crippen molar-refractivity contribution in [2.24, 2.45) is 0 Å². The molecule has 0 aromatic heterocycles. The van der Waals surface area contributed by atoms with Crippen molar-refractivity contribution in [1.29, 1.82) is 0 Å². The molecule has 49 heavy (non-hydrogen) atoms. The predicted molar refractivity (Wildman–Crippen MR) is 185 cm³/mol. The highest BCUT2D eigenvalue weighted by atomic mass is 16.7. The smallest absolute Gasteiger partial charge is 0.303 e. The molecule has 0 aliphatic carbocycles. The number of piperidine rings is 1. The Balaban J connectivity index is 1.12. The third-order valence-electron chi connectivity index (χ3n) is 9.90. The lowest BCUT2D eigenvalue weighted by Gasteiger charge is -2.45. The highest BCUT2D eigenvalue weighted by Gasteiger charge is 2.50. The van der Waals surface area contributed by atoms with Gasteiger partial charge in [-0.2, -0.15) is 0 Å². The van der Waals surface area contributed by atoms with Crippen LogP contribution in [0, 0.1) is 0 Å². The molecular formula is C38H46N4O7. The van der Waals surface area contributed by atoms with Crippen LogP contribution in [0.4, 0.5) is 11.4 Å². The van der Waals surface area contributed by atoms with Crippen LogP contribution in [0.5, 0.6) is 0 Å². The minimum absolute atomic E-state index is 0.0306. The maximum atomic E-state index is 13.2. The first-order chi connectivity index (χ1) is 23.8. The van der Waals surface area contributed by atoms with Gasteiger partial charge in [-0.15, -0.1) is 0 Å². The molecule has 260 valence electrons. The number of ether oxygens (including phenoxy) is 2. The number of amides is 2. The Morgan fingerprint density at radius 2 is 1.65 bits per heavy atom. The average Bonchev–Trinajstić information content (AvgIpc) is 3.43. The maximum Gasteiger partial charge on any atom is 0.303 e. The molecule has 11 nitrogen and oxygen atoms in total. The van der Waals surface area contributed by atoms with E-state index in [1.807, 2.05) is 66.7 Å². The predicted octanol–water partition coefficient (Wildman–Crippen LogP) is 5.13. The molecule has 3 aromatic carbocycles. The van der Waals surface area contributed by atoms with Gasteiger partial charge < -0.3 is 40.1 Å². The van der Waals surface area contributed by atoms with E-state index in [2.05, 4.69) is 32.6 Å². The fraction of sp³-hybridized carbons (Fsp3) is 0.447. The van der Waals surface area contributed by atoms with Gasteiger partial charge in [0.2, 0.25) is 11.8 Å². The molecule has 3 heterocycles. The number of carbonyl (C=O) groups excluding carboxylic acids is 2. The normalized spacial score (nSPS) is 22.2. The number of aliphatic carboxylic acids is 1. The topological polar surface area (TPSA) is 141 Å². The van der Waals surface area contributed by atoms with Gasteiger partial charge in [0.1, 0.15) is 5.54 Å². The molecule has 4 N–H and O–H groups in total. The third-order valence-corrected chi connectivity index (χ3v) is 9.90. The molecular weight excluding hydrogens is 624 g/mol. The average molecular weight is 671 g/mol. The van der Waals surface area contributed by atoms with Crippen molar-refractivity contribution in [1.82, 2.24) is 10.2 Å². The molecule has 1 spiro atoms. The number of nitrogens with zero attached hydrogens (tertiary/aromatic N) is 2. The number of benzene rings is 3. The first-order valence-electron chi connectivity index (χ1n) is 17.3. The number of anilines is 2. The Bertz CT molecular complexity index is 1580. The van der Waals surface area contributed by atoms with E-state index in [1.54, 1.807) is 0 Å². The molecule has 0 radical (unpaired) electrons. The standard InChI is InChI=1S/C38H46N4O7/c43-25-27-14-16-28(17-15-27)33-23-32(24-41-20-18-38(19-21-41)37(47)39-26-42(38)31-10-3-1-4-11-31)48-36(49-33)29-8-7-9-30(22-29)40-34(44)12-5-2-6-13-35(45)46/h1,3-4,7-11,14-17,22,32-33,36,43H,2,5-6,12-13,18-21,23-26H2,(H,39,47)(H,40,44)(H,45,46)/t32-,33+,36+/m1/s1. The van der Waals surface area contributed by atoms with Gasteiger partial charge in [0.15, 0.2) is 6.29 Å². The molecule has 3 aromatic rings. The van der Waals surface area contributed by atoms with Crippen LogP contribution >= 0.6 is 0 Å². The maximum absolute atomic E-state index is 13.2. The quantitative estimate of drug-likeness (QED) is 0.182. The molecule has 3 saturated heterocycles. The number of carboxylic acids is 1. The van der Waals surface area contributed by atoms with Crippen LogP contribution in [0.25, 0.3) is 0 Å². The lowest BCUT2D eigenvalue weighted by molar-refractivity contribution is -0.253. The van der Waals surface area contributed by atoms with Crippen LogP contribution in [0.2, 0.25) is 0 Å². The number of para-hydroxylation sites is 1. The van der Waals surface area contributed by atoms with Gasteiger partial charge in [-0.05, 0) is 61.1 Å². The number of hydrogen-bond acceptors (Lipinski definition) is 8. The molecule has 3 aliphatic rings. The van der Waals surface area contributed by atoms with Crippen LogP contribution in [0.3, 0.4) is 0 Å². The van der Waals surface area contributed by atoms with Crippen LogP contribution in [-0.4, -0.2) is 70.8 Å². The fourth-order valence-corrected chi connectivity index (χ4v) is 7.18. The Labute approximate surface area is 287 Å². The van der Waals surface area contributed by atoms with E-state index in [0.29, 0.717) is 63.8 Å². The Morgan fingerprint density at radius 1 is 0.898 bits per heavy atom. The molecule has 3 fully saturated rings.